The summed E-state index contributed by atoms with van der Waals surface area (Å²) >= 11 is 1.90. The number of rotatable bonds is 5. The summed E-state index contributed by atoms with van der Waals surface area (Å²) in [6.07, 6.45) is 3.66. The molecule has 6 heteroatoms. The van der Waals surface area contributed by atoms with E-state index in [4.69, 9.17) is 0 Å². The first kappa shape index (κ1) is 18.1. The molecule has 2 aromatic rings. The van der Waals surface area contributed by atoms with Crippen LogP contribution >= 0.6 is 12.1 Å². The van der Waals surface area contributed by atoms with Crippen LogP contribution in [0.3, 0.4) is 0 Å². The van der Waals surface area contributed by atoms with E-state index in [1.54, 1.807) is 12.1 Å². The third-order valence-corrected chi connectivity index (χ3v) is 7.16. The first-order chi connectivity index (χ1) is 13.8. The molecule has 4 nitrogen and oxygen atoms in total. The van der Waals surface area contributed by atoms with Gasteiger partial charge in [-0.3, -0.25) is 13.5 Å². The predicted molar refractivity (Wildman–Crippen MR) is 117 cm³/mol. The molecule has 5 rings (SSSR count). The van der Waals surface area contributed by atoms with Crippen LogP contribution in [0, 0.1) is 5.82 Å². The summed E-state index contributed by atoms with van der Waals surface area (Å²) in [5.74, 6) is -0.162. The summed E-state index contributed by atoms with van der Waals surface area (Å²) < 4.78 is 18.1. The van der Waals surface area contributed by atoms with Gasteiger partial charge in [0.2, 0.25) is 0 Å². The molecular weight excluding hydrogens is 371 g/mol. The van der Waals surface area contributed by atoms with E-state index >= 15 is 0 Å². The topological polar surface area (TPSA) is 13.0 Å². The Morgan fingerprint density at radius 3 is 2.54 bits per heavy atom. The maximum atomic E-state index is 13.1. The number of hydrogen-bond donors (Lipinski definition) is 0. The van der Waals surface area contributed by atoms with Crippen molar-refractivity contribution < 1.29 is 4.39 Å². The fourth-order valence-electron chi connectivity index (χ4n) is 4.52. The minimum Gasteiger partial charge on any atom is -0.369 e. The van der Waals surface area contributed by atoms with Gasteiger partial charge in [0.25, 0.3) is 0 Å². The van der Waals surface area contributed by atoms with Gasteiger partial charge < -0.3 is 4.90 Å². The zero-order chi connectivity index (χ0) is 18.9. The van der Waals surface area contributed by atoms with Gasteiger partial charge in [0.15, 0.2) is 0 Å². The Kier molecular flexibility index (Phi) is 5.07. The Balaban J connectivity index is 1.11. The van der Waals surface area contributed by atoms with Gasteiger partial charge in [0.1, 0.15) is 5.82 Å². The van der Waals surface area contributed by atoms with Crippen molar-refractivity contribution in [3.8, 4) is 0 Å². The van der Waals surface area contributed by atoms with Crippen LogP contribution in [0.2, 0.25) is 0 Å². The Morgan fingerprint density at radius 2 is 1.71 bits per heavy atom. The maximum Gasteiger partial charge on any atom is 0.123 e. The van der Waals surface area contributed by atoms with E-state index in [1.165, 1.54) is 36.2 Å². The predicted octanol–water partition coefficient (Wildman–Crippen LogP) is 4.17. The summed E-state index contributed by atoms with van der Waals surface area (Å²) in [5.41, 5.74) is 5.51. The van der Waals surface area contributed by atoms with Crippen LogP contribution in [-0.4, -0.2) is 50.7 Å². The first-order valence-electron chi connectivity index (χ1n) is 10.4. The highest BCUT2D eigenvalue weighted by Gasteiger charge is 2.31. The van der Waals surface area contributed by atoms with Gasteiger partial charge in [-0.15, -0.1) is 0 Å². The molecule has 0 radical (unpaired) electrons. The average Bonchev–Trinajstić information content (AvgIpc) is 3.09. The molecule has 0 aromatic heterocycles. The monoisotopic (exact) mass is 398 g/mol. The molecule has 3 heterocycles. The van der Waals surface area contributed by atoms with E-state index in [9.17, 15) is 4.39 Å². The highest BCUT2D eigenvalue weighted by molar-refractivity contribution is 8.02. The largest absolute Gasteiger partial charge is 0.369 e. The molecule has 0 N–H and O–H groups in total. The molecular formula is C22H27FN4S. The van der Waals surface area contributed by atoms with Crippen molar-refractivity contribution in [2.24, 2.45) is 0 Å². The van der Waals surface area contributed by atoms with Crippen molar-refractivity contribution in [1.82, 2.24) is 4.90 Å². The lowest BCUT2D eigenvalue weighted by Gasteiger charge is -2.36. The van der Waals surface area contributed by atoms with Crippen LogP contribution in [0.25, 0.3) is 0 Å². The lowest BCUT2D eigenvalue weighted by atomic mass is 10.0. The van der Waals surface area contributed by atoms with Gasteiger partial charge >= 0.3 is 0 Å². The number of piperazine rings is 1. The lowest BCUT2D eigenvalue weighted by Crippen LogP contribution is -2.47. The Bertz CT molecular complexity index is 820. The van der Waals surface area contributed by atoms with Crippen molar-refractivity contribution in [2.45, 2.75) is 19.3 Å². The second kappa shape index (κ2) is 7.84. The van der Waals surface area contributed by atoms with E-state index in [-0.39, 0.29) is 5.82 Å². The minimum atomic E-state index is -0.162. The van der Waals surface area contributed by atoms with E-state index in [0.717, 1.165) is 51.5 Å². The quantitative estimate of drug-likeness (QED) is 0.699. The van der Waals surface area contributed by atoms with E-state index in [1.807, 2.05) is 24.3 Å². The van der Waals surface area contributed by atoms with Crippen molar-refractivity contribution in [3.63, 3.8) is 0 Å². The summed E-state index contributed by atoms with van der Waals surface area (Å²) in [7, 11) is 0. The fourth-order valence-corrected chi connectivity index (χ4v) is 5.71. The second-order valence-corrected chi connectivity index (χ2v) is 8.88. The molecule has 148 valence electrons. The molecule has 0 saturated carbocycles. The summed E-state index contributed by atoms with van der Waals surface area (Å²) in [6, 6.07) is 13.7. The zero-order valence-corrected chi connectivity index (χ0v) is 17.0. The maximum absolute atomic E-state index is 13.1. The molecule has 3 aliphatic heterocycles. The van der Waals surface area contributed by atoms with Crippen molar-refractivity contribution >= 4 is 29.2 Å². The molecule has 1 fully saturated rings. The average molecular weight is 399 g/mol. The van der Waals surface area contributed by atoms with Crippen LogP contribution in [0.5, 0.6) is 0 Å². The molecule has 0 unspecified atom stereocenters. The smallest absolute Gasteiger partial charge is 0.123 e. The first-order valence-corrected chi connectivity index (χ1v) is 11.1. The van der Waals surface area contributed by atoms with Gasteiger partial charge in [0.05, 0.1) is 23.5 Å². The summed E-state index contributed by atoms with van der Waals surface area (Å²) in [6.45, 7) is 7.60. The van der Waals surface area contributed by atoms with E-state index in [0.29, 0.717) is 0 Å². The molecule has 0 bridgehead atoms. The number of para-hydroxylation sites is 1. The standard InChI is InChI=1S/C22H27FN4S/c23-19-7-9-20(10-8-19)25-16-14-24(15-17-25)11-3-13-26-21-6-1-4-18-5-2-12-27(28-26)22(18)21/h1,4,6-10H,2-3,5,11-17H2. The minimum absolute atomic E-state index is 0.162. The molecule has 0 atom stereocenters. The van der Waals surface area contributed by atoms with Crippen molar-refractivity contribution in [3.05, 3.63) is 53.8 Å². The molecule has 3 aliphatic rings. The highest BCUT2D eigenvalue weighted by Crippen LogP contribution is 2.48. The molecule has 0 spiro atoms. The van der Waals surface area contributed by atoms with Crippen LogP contribution < -0.4 is 13.5 Å². The number of anilines is 3. The molecule has 2 aromatic carbocycles. The normalized spacial score (nSPS) is 19.2. The van der Waals surface area contributed by atoms with Crippen LogP contribution in [0.1, 0.15) is 18.4 Å². The zero-order valence-electron chi connectivity index (χ0n) is 16.2. The van der Waals surface area contributed by atoms with Gasteiger partial charge in [-0.1, -0.05) is 12.1 Å². The number of hydrogen-bond acceptors (Lipinski definition) is 5. The van der Waals surface area contributed by atoms with Gasteiger partial charge in [0, 0.05) is 51.5 Å². The number of aryl methyl sites for hydroxylation is 1. The molecule has 28 heavy (non-hydrogen) atoms. The molecule has 0 amide bonds. The van der Waals surface area contributed by atoms with Crippen molar-refractivity contribution in [2.75, 3.05) is 59.3 Å². The van der Waals surface area contributed by atoms with E-state index in [2.05, 4.69) is 36.6 Å². The van der Waals surface area contributed by atoms with Crippen LogP contribution in [0.4, 0.5) is 21.5 Å². The van der Waals surface area contributed by atoms with Crippen molar-refractivity contribution in [1.29, 1.82) is 0 Å². The number of benzene rings is 2. The Morgan fingerprint density at radius 1 is 0.893 bits per heavy atom. The fraction of sp³-hybridized carbons (Fsp3) is 0.455. The second-order valence-electron chi connectivity index (χ2n) is 7.83. The van der Waals surface area contributed by atoms with Gasteiger partial charge in [-0.05, 0) is 55.2 Å². The summed E-state index contributed by atoms with van der Waals surface area (Å²) in [4.78, 5) is 4.92. The number of halogens is 1. The van der Waals surface area contributed by atoms with Crippen LogP contribution in [0.15, 0.2) is 42.5 Å². The Labute approximate surface area is 171 Å². The third kappa shape index (κ3) is 3.55. The lowest BCUT2D eigenvalue weighted by molar-refractivity contribution is 0.256. The van der Waals surface area contributed by atoms with Gasteiger partial charge in [-0.25, -0.2) is 4.39 Å². The highest BCUT2D eigenvalue weighted by atomic mass is 32.2. The van der Waals surface area contributed by atoms with E-state index < -0.39 is 0 Å². The third-order valence-electron chi connectivity index (χ3n) is 6.02. The van der Waals surface area contributed by atoms with Gasteiger partial charge in [-0.2, -0.15) is 0 Å². The SMILES string of the molecule is Fc1ccc(N2CCN(CCCN3SN4CCCc5cccc3c54)CC2)cc1. The molecule has 0 aliphatic carbocycles. The Hall–Kier alpha value is -1.92. The number of nitrogens with zero attached hydrogens (tertiary/aromatic N) is 4. The molecule has 1 saturated heterocycles. The van der Waals surface area contributed by atoms with Crippen LogP contribution in [-0.2, 0) is 6.42 Å². The summed E-state index contributed by atoms with van der Waals surface area (Å²) in [5, 5.41) is 0.